The van der Waals surface area contributed by atoms with Gasteiger partial charge in [-0.15, -0.1) is 0 Å². The molecule has 15 N–H and O–H groups in total. The van der Waals surface area contributed by atoms with Crippen LogP contribution in [0.15, 0.2) is 0 Å². The lowest BCUT2D eigenvalue weighted by Crippen LogP contribution is -2.48. The van der Waals surface area contributed by atoms with Gasteiger partial charge >= 0.3 is 65.8 Å². The molecule has 6 unspecified atom stereocenters. The van der Waals surface area contributed by atoms with E-state index >= 15 is 0 Å². The van der Waals surface area contributed by atoms with E-state index in [-0.39, 0.29) is 0 Å². The fourth-order valence-corrected chi connectivity index (χ4v) is 23.6. The van der Waals surface area contributed by atoms with Crippen molar-refractivity contribution < 1.29 is 114 Å². The molecule has 0 aliphatic carbocycles. The van der Waals surface area contributed by atoms with Gasteiger partial charge in [-0.25, -0.2) is 18.6 Å². The average Bonchev–Trinajstić information content (AvgIpc) is 2.45. The van der Waals surface area contributed by atoms with E-state index in [4.69, 9.17) is 29.4 Å². The third-order valence-electron chi connectivity index (χ3n) is 3.72. The van der Waals surface area contributed by atoms with Crippen molar-refractivity contribution in [2.75, 3.05) is 0 Å². The van der Waals surface area contributed by atoms with Crippen LogP contribution in [0.1, 0.15) is 0 Å². The first-order chi connectivity index (χ1) is 15.5. The summed E-state index contributed by atoms with van der Waals surface area (Å²) in [6.45, 7) is 0. The number of rotatable bonds is 12. The highest BCUT2D eigenvalue weighted by atomic mass is 32.1. The van der Waals surface area contributed by atoms with Crippen LogP contribution in [-0.2, 0) is 41.1 Å². The molecule has 0 rings (SSSR count). The van der Waals surface area contributed by atoms with Crippen LogP contribution < -0.4 is 0 Å². The maximum atomic E-state index is 12.5. The standard InChI is InChI=1S/C3H18NO24P9/c5-29(6,7)1(32(14,15)35(20,21)22)4(2(30(8,9)10)33(16,17)36(23,24)25)3(31(11,12)13)34(18,19)37(26,27)28/h1-3H,(H,14,15)(H,16,17)(H,18,19)(H2,5,6,7)(H2,8,9,10)(H2,11,12,13)(H2,20,21,22)(H2,23,24,25)(H2,26,27,28). The van der Waals surface area contributed by atoms with Crippen LogP contribution in [0.5, 0.6) is 0 Å². The quantitative estimate of drug-likeness (QED) is 0.0943. The molecular weight excluding hydrogens is 713 g/mol. The van der Waals surface area contributed by atoms with Crippen LogP contribution in [0, 0.1) is 0 Å². The summed E-state index contributed by atoms with van der Waals surface area (Å²) in [6, 6.07) is 0. The van der Waals surface area contributed by atoms with Crippen molar-refractivity contribution in [2.45, 2.75) is 16.6 Å². The molecule has 224 valence electrons. The van der Waals surface area contributed by atoms with Gasteiger partial charge in [0.25, 0.3) is 0 Å². The van der Waals surface area contributed by atoms with Crippen molar-refractivity contribution in [1.29, 1.82) is 0 Å². The van der Waals surface area contributed by atoms with E-state index in [1.165, 1.54) is 0 Å². The Labute approximate surface area is 202 Å². The number of hydrogen-bond acceptors (Lipinski definition) is 10. The molecule has 0 fully saturated rings. The Morgan fingerprint density at radius 3 is 0.541 bits per heavy atom. The van der Waals surface area contributed by atoms with Crippen molar-refractivity contribution in [3.05, 3.63) is 0 Å². The summed E-state index contributed by atoms with van der Waals surface area (Å²) in [7, 11) is -65.6. The lowest BCUT2D eigenvalue weighted by Gasteiger charge is -2.44. The summed E-state index contributed by atoms with van der Waals surface area (Å²) >= 11 is 0. The highest BCUT2D eigenvalue weighted by Crippen LogP contribution is 2.91. The van der Waals surface area contributed by atoms with E-state index in [0.29, 0.717) is 0 Å². The second kappa shape index (κ2) is 10.9. The second-order valence-corrected chi connectivity index (χ2v) is 30.7. The Morgan fingerprint density at radius 2 is 0.459 bits per heavy atom. The molecule has 34 heteroatoms. The molecule has 0 aliphatic rings. The molecule has 0 bridgehead atoms. The van der Waals surface area contributed by atoms with Gasteiger partial charge in [-0.05, 0) is 0 Å². The minimum Gasteiger partial charge on any atom is -0.334 e. The molecule has 0 saturated carbocycles. The largest absolute Gasteiger partial charge is 0.409 e. The van der Waals surface area contributed by atoms with Crippen molar-refractivity contribution in [1.82, 2.24) is 4.90 Å². The molecule has 0 heterocycles. The smallest absolute Gasteiger partial charge is 0.334 e. The first-order valence-corrected chi connectivity index (χ1v) is 24.8. The highest BCUT2D eigenvalue weighted by Gasteiger charge is 2.73. The first-order valence-electron chi connectivity index (χ1n) is 7.57. The van der Waals surface area contributed by atoms with Crippen LogP contribution in [0.3, 0.4) is 0 Å². The summed E-state index contributed by atoms with van der Waals surface area (Å²) in [5, 5.41) is 0. The molecule has 25 nitrogen and oxygen atoms in total. The van der Waals surface area contributed by atoms with Gasteiger partial charge in [-0.2, -0.15) is 0 Å². The summed E-state index contributed by atoms with van der Waals surface area (Å²) in [5.74, 6) is 0. The lowest BCUT2D eigenvalue weighted by atomic mass is 10.9. The van der Waals surface area contributed by atoms with Gasteiger partial charge in [-0.1, -0.05) is 0 Å². The lowest BCUT2D eigenvalue weighted by molar-refractivity contribution is 0.210. The van der Waals surface area contributed by atoms with E-state index in [2.05, 4.69) is 0 Å². The average molecular weight is 731 g/mol. The SMILES string of the molecule is O=P(O)(O)C(N(C(P(=O)(O)O)P(=O)(O)P(=O)(O)O)C(P(=O)(O)O)P(=O)(O)P(=O)(O)O)P(=O)(O)P(=O)(O)O. The van der Waals surface area contributed by atoms with Crippen molar-refractivity contribution in [3.63, 3.8) is 0 Å². The summed E-state index contributed by atoms with van der Waals surface area (Å²) in [6.07, 6.45) is 0. The van der Waals surface area contributed by atoms with Crippen molar-refractivity contribution >= 4 is 65.8 Å². The number of nitrogens with zero attached hydrogens (tertiary/aromatic N) is 1. The monoisotopic (exact) mass is 731 g/mol. The highest BCUT2D eigenvalue weighted by molar-refractivity contribution is 8.32. The maximum Gasteiger partial charge on any atom is 0.409 e. The van der Waals surface area contributed by atoms with Gasteiger partial charge in [0.15, 0.2) is 0 Å². The fourth-order valence-electron chi connectivity index (χ4n) is 2.39. The van der Waals surface area contributed by atoms with Crippen LogP contribution in [-0.4, -0.2) is 94.9 Å². The predicted molar refractivity (Wildman–Crippen MR) is 115 cm³/mol. The van der Waals surface area contributed by atoms with E-state index in [0.717, 1.165) is 0 Å². The molecule has 37 heavy (non-hydrogen) atoms. The molecule has 0 radical (unpaired) electrons. The molecule has 0 spiro atoms. The minimum atomic E-state index is -7.48. The third-order valence-corrected chi connectivity index (χ3v) is 27.0. The zero-order valence-corrected chi connectivity index (χ0v) is 24.6. The normalized spacial score (nSPS) is 22.4. The van der Waals surface area contributed by atoms with E-state index in [1.807, 2.05) is 0 Å². The maximum absolute atomic E-state index is 12.5. The summed E-state index contributed by atoms with van der Waals surface area (Å²) < 4.78 is 108. The summed E-state index contributed by atoms with van der Waals surface area (Å²) in [4.78, 5) is 139. The molecule has 0 saturated heterocycles. The molecule has 6 atom stereocenters. The van der Waals surface area contributed by atoms with Crippen molar-refractivity contribution in [2.24, 2.45) is 0 Å². The second-order valence-electron chi connectivity index (χ2n) is 6.56. The molecule has 0 aromatic heterocycles. The number of hydrogen-bond donors (Lipinski definition) is 15. The third kappa shape index (κ3) is 8.04. The van der Waals surface area contributed by atoms with Crippen LogP contribution >= 0.6 is 65.8 Å². The van der Waals surface area contributed by atoms with E-state index in [9.17, 15) is 85.1 Å². The van der Waals surface area contributed by atoms with Crippen LogP contribution in [0.4, 0.5) is 0 Å². The Hall–Kier alpha value is 1.43. The molecule has 0 amide bonds. The minimum absolute atomic E-state index is 2.16. The van der Waals surface area contributed by atoms with Gasteiger partial charge in [-0.3, -0.25) is 27.4 Å². The fraction of sp³-hybridized carbons (Fsp3) is 1.00. The van der Waals surface area contributed by atoms with Gasteiger partial charge in [0.1, 0.15) is 0 Å². The molecule has 0 aromatic carbocycles. The molecule has 0 aliphatic heterocycles. The Morgan fingerprint density at radius 1 is 0.324 bits per heavy atom. The first kappa shape index (κ1) is 38.4. The van der Waals surface area contributed by atoms with Gasteiger partial charge in [0.2, 0.25) is 16.6 Å². The van der Waals surface area contributed by atoms with Crippen molar-refractivity contribution in [3.8, 4) is 0 Å². The Balaban J connectivity index is 8.78. The zero-order valence-electron chi connectivity index (χ0n) is 16.6. The van der Waals surface area contributed by atoms with Gasteiger partial charge < -0.3 is 73.4 Å². The van der Waals surface area contributed by atoms with E-state index < -0.39 is 87.3 Å². The Kier molecular flexibility index (Phi) is 11.3. The predicted octanol–water partition coefficient (Wildman–Crippen LogP) is -2.24. The van der Waals surface area contributed by atoms with Gasteiger partial charge in [0, 0.05) is 0 Å². The molecule has 0 aromatic rings. The van der Waals surface area contributed by atoms with Crippen LogP contribution in [0.25, 0.3) is 0 Å². The van der Waals surface area contributed by atoms with E-state index in [1.54, 1.807) is 0 Å². The Bertz CT molecular complexity index is 1160. The zero-order chi connectivity index (χ0) is 30.8. The summed E-state index contributed by atoms with van der Waals surface area (Å²) in [5.41, 5.74) is -14.8. The van der Waals surface area contributed by atoms with Crippen LogP contribution in [0.2, 0.25) is 0 Å². The topological polar surface area (TPSA) is 460 Å². The van der Waals surface area contributed by atoms with Gasteiger partial charge in [0.05, 0.1) is 0 Å². The molecular formula is C3H18NO24P9.